The molecule has 3 aromatic rings. The fourth-order valence-electron chi connectivity index (χ4n) is 3.52. The molecule has 0 saturated heterocycles. The number of benzene rings is 2. The van der Waals surface area contributed by atoms with Gasteiger partial charge in [-0.2, -0.15) is 0 Å². The predicted molar refractivity (Wildman–Crippen MR) is 110 cm³/mol. The van der Waals surface area contributed by atoms with E-state index in [2.05, 4.69) is 10.3 Å². The molecule has 0 spiro atoms. The molecule has 0 radical (unpaired) electrons. The number of amides is 2. The van der Waals surface area contributed by atoms with Crippen molar-refractivity contribution in [2.45, 2.75) is 12.8 Å². The molecular weight excluding hydrogens is 405 g/mol. The van der Waals surface area contributed by atoms with Crippen molar-refractivity contribution in [3.63, 3.8) is 0 Å². The van der Waals surface area contributed by atoms with Crippen LogP contribution in [0.1, 0.15) is 28.8 Å². The zero-order valence-corrected chi connectivity index (χ0v) is 16.9. The topological polar surface area (TPSA) is 113 Å². The number of pyridine rings is 1. The van der Waals surface area contributed by atoms with Gasteiger partial charge in [-0.25, -0.2) is 4.39 Å². The quantitative estimate of drug-likeness (QED) is 0.628. The number of carbonyl (C=O) groups is 2. The van der Waals surface area contributed by atoms with E-state index in [0.717, 1.165) is 0 Å². The van der Waals surface area contributed by atoms with Crippen molar-refractivity contribution in [3.05, 3.63) is 53.5 Å². The van der Waals surface area contributed by atoms with Crippen LogP contribution in [-0.4, -0.2) is 37.1 Å². The molecule has 3 N–H and O–H groups in total. The van der Waals surface area contributed by atoms with E-state index in [9.17, 15) is 14.0 Å². The van der Waals surface area contributed by atoms with Gasteiger partial charge in [0.05, 0.1) is 18.2 Å². The first-order valence-electron chi connectivity index (χ1n) is 9.61. The van der Waals surface area contributed by atoms with Gasteiger partial charge < -0.3 is 25.3 Å². The van der Waals surface area contributed by atoms with E-state index in [1.807, 2.05) is 6.92 Å². The number of rotatable bonds is 6. The molecule has 4 rings (SSSR count). The maximum absolute atomic E-state index is 14.9. The highest BCUT2D eigenvalue weighted by Gasteiger charge is 2.32. The van der Waals surface area contributed by atoms with Gasteiger partial charge in [0.2, 0.25) is 5.91 Å². The summed E-state index contributed by atoms with van der Waals surface area (Å²) >= 11 is 0. The lowest BCUT2D eigenvalue weighted by molar-refractivity contribution is -0.122. The SMILES string of the molecule is CCNC(=O)C1COc2cc(Oc3ccnc4cc(OC)c(C(N)=O)cc34)c(F)cc21. The predicted octanol–water partition coefficient (Wildman–Crippen LogP) is 2.89. The van der Waals surface area contributed by atoms with Crippen molar-refractivity contribution < 1.29 is 28.2 Å². The van der Waals surface area contributed by atoms with Crippen LogP contribution >= 0.6 is 0 Å². The lowest BCUT2D eigenvalue weighted by Gasteiger charge is -2.13. The van der Waals surface area contributed by atoms with Crippen LogP contribution in [0.15, 0.2) is 36.5 Å². The Bertz CT molecular complexity index is 1200. The molecule has 1 atom stereocenters. The number of carbonyl (C=O) groups excluding carboxylic acids is 2. The minimum Gasteiger partial charge on any atom is -0.496 e. The number of hydrogen-bond donors (Lipinski definition) is 2. The largest absolute Gasteiger partial charge is 0.496 e. The van der Waals surface area contributed by atoms with Crippen molar-refractivity contribution in [1.82, 2.24) is 10.3 Å². The molecule has 2 heterocycles. The van der Waals surface area contributed by atoms with Gasteiger partial charge in [0.1, 0.15) is 29.8 Å². The minimum absolute atomic E-state index is 0.0840. The molecule has 0 saturated carbocycles. The fourth-order valence-corrected chi connectivity index (χ4v) is 3.52. The number of nitrogens with two attached hydrogens (primary N) is 1. The molecule has 160 valence electrons. The Morgan fingerprint density at radius 3 is 2.77 bits per heavy atom. The molecule has 2 aromatic carbocycles. The highest BCUT2D eigenvalue weighted by atomic mass is 19.1. The summed E-state index contributed by atoms with van der Waals surface area (Å²) in [5.74, 6) is -1.28. The Balaban J connectivity index is 1.73. The number of methoxy groups -OCH3 is 1. The van der Waals surface area contributed by atoms with E-state index < -0.39 is 17.6 Å². The number of nitrogens with zero attached hydrogens (tertiary/aromatic N) is 1. The maximum Gasteiger partial charge on any atom is 0.252 e. The molecule has 9 heteroatoms. The summed E-state index contributed by atoms with van der Waals surface area (Å²) < 4.78 is 31.4. The Morgan fingerprint density at radius 1 is 1.26 bits per heavy atom. The number of aromatic nitrogens is 1. The number of halogens is 1. The van der Waals surface area contributed by atoms with Crippen molar-refractivity contribution in [2.24, 2.45) is 5.73 Å². The standard InChI is InChI=1S/C22H20FN3O5/c1-3-25-22(28)14-10-30-19-9-20(15(23)7-11(14)19)31-17-4-5-26-16-8-18(29-2)13(21(24)27)6-12(16)17/h4-9,14H,3,10H2,1-2H3,(H2,24,27)(H,25,28). The maximum atomic E-state index is 14.9. The van der Waals surface area contributed by atoms with Gasteiger partial charge in [0, 0.05) is 35.8 Å². The van der Waals surface area contributed by atoms with Crippen molar-refractivity contribution in [3.8, 4) is 23.0 Å². The number of likely N-dealkylation sites (N-methyl/N-ethyl adjacent to an activating group) is 1. The van der Waals surface area contributed by atoms with Gasteiger partial charge in [-0.3, -0.25) is 14.6 Å². The molecule has 0 aliphatic carbocycles. The van der Waals surface area contributed by atoms with Crippen molar-refractivity contribution >= 4 is 22.7 Å². The number of hydrogen-bond acceptors (Lipinski definition) is 6. The molecule has 0 fully saturated rings. The Labute approximate surface area is 177 Å². The van der Waals surface area contributed by atoms with Crippen molar-refractivity contribution in [2.75, 3.05) is 20.3 Å². The summed E-state index contributed by atoms with van der Waals surface area (Å²) in [7, 11) is 1.42. The third-order valence-corrected chi connectivity index (χ3v) is 5.02. The Hall–Kier alpha value is -3.88. The Kier molecular flexibility index (Phi) is 5.33. The average Bonchev–Trinajstić information content (AvgIpc) is 3.16. The molecule has 8 nitrogen and oxygen atoms in total. The molecule has 1 aliphatic heterocycles. The van der Waals surface area contributed by atoms with Gasteiger partial charge in [-0.1, -0.05) is 0 Å². The first kappa shape index (κ1) is 20.4. The molecule has 31 heavy (non-hydrogen) atoms. The summed E-state index contributed by atoms with van der Waals surface area (Å²) in [6, 6.07) is 7.26. The smallest absolute Gasteiger partial charge is 0.252 e. The number of nitrogens with one attached hydrogen (secondary N) is 1. The molecule has 2 amide bonds. The third-order valence-electron chi connectivity index (χ3n) is 5.02. The summed E-state index contributed by atoms with van der Waals surface area (Å²) in [5.41, 5.74) is 6.54. The van der Waals surface area contributed by atoms with Gasteiger partial charge in [0.25, 0.3) is 5.91 Å². The van der Waals surface area contributed by atoms with Crippen LogP contribution in [0.2, 0.25) is 0 Å². The first-order valence-corrected chi connectivity index (χ1v) is 9.61. The zero-order chi connectivity index (χ0) is 22.1. The van der Waals surface area contributed by atoms with Gasteiger partial charge >= 0.3 is 0 Å². The minimum atomic E-state index is -0.679. The van der Waals surface area contributed by atoms with Crippen LogP contribution in [0.25, 0.3) is 10.9 Å². The second kappa shape index (κ2) is 8.10. The fraction of sp³-hybridized carbons (Fsp3) is 0.227. The van der Waals surface area contributed by atoms with Gasteiger partial charge in [-0.15, -0.1) is 0 Å². The van der Waals surface area contributed by atoms with Crippen LogP contribution in [0.5, 0.6) is 23.0 Å². The molecular formula is C22H20FN3O5. The highest BCUT2D eigenvalue weighted by molar-refractivity contribution is 6.01. The van der Waals surface area contributed by atoms with Gasteiger partial charge in [0.15, 0.2) is 11.6 Å². The molecule has 1 aromatic heterocycles. The van der Waals surface area contributed by atoms with Crippen LogP contribution in [-0.2, 0) is 4.79 Å². The van der Waals surface area contributed by atoms with E-state index in [4.69, 9.17) is 19.9 Å². The number of fused-ring (bicyclic) bond motifs is 2. The monoisotopic (exact) mass is 425 g/mol. The zero-order valence-electron chi connectivity index (χ0n) is 16.9. The Morgan fingerprint density at radius 2 is 2.06 bits per heavy atom. The van der Waals surface area contributed by atoms with E-state index in [1.54, 1.807) is 12.1 Å². The molecule has 1 unspecified atom stereocenters. The normalized spacial score (nSPS) is 14.6. The van der Waals surface area contributed by atoms with E-state index in [1.165, 1.54) is 31.5 Å². The van der Waals surface area contributed by atoms with E-state index >= 15 is 0 Å². The summed E-state index contributed by atoms with van der Waals surface area (Å²) in [4.78, 5) is 28.2. The lowest BCUT2D eigenvalue weighted by Crippen LogP contribution is -2.29. The summed E-state index contributed by atoms with van der Waals surface area (Å²) in [5, 5.41) is 3.18. The third kappa shape index (κ3) is 3.70. The van der Waals surface area contributed by atoms with Crippen LogP contribution in [0.4, 0.5) is 4.39 Å². The van der Waals surface area contributed by atoms with Gasteiger partial charge in [-0.05, 0) is 25.1 Å². The average molecular weight is 425 g/mol. The first-order chi connectivity index (χ1) is 14.9. The number of primary amides is 1. The van der Waals surface area contributed by atoms with Crippen molar-refractivity contribution in [1.29, 1.82) is 0 Å². The summed E-state index contributed by atoms with van der Waals surface area (Å²) in [6.07, 6.45) is 1.49. The van der Waals surface area contributed by atoms with Crippen LogP contribution in [0, 0.1) is 5.82 Å². The highest BCUT2D eigenvalue weighted by Crippen LogP contribution is 2.41. The molecule has 1 aliphatic rings. The second-order valence-electron chi connectivity index (χ2n) is 6.92. The summed E-state index contributed by atoms with van der Waals surface area (Å²) in [6.45, 7) is 2.41. The lowest BCUT2D eigenvalue weighted by atomic mass is 10.00. The van der Waals surface area contributed by atoms with E-state index in [-0.39, 0.29) is 35.3 Å². The molecule has 0 bridgehead atoms. The van der Waals surface area contributed by atoms with Crippen LogP contribution in [0.3, 0.4) is 0 Å². The van der Waals surface area contributed by atoms with E-state index in [0.29, 0.717) is 28.8 Å². The number of ether oxygens (including phenoxy) is 3. The van der Waals surface area contributed by atoms with Crippen LogP contribution < -0.4 is 25.3 Å². The second-order valence-corrected chi connectivity index (χ2v) is 6.92.